The predicted octanol–water partition coefficient (Wildman–Crippen LogP) is 2.86. The average Bonchev–Trinajstić information content (AvgIpc) is 2.08. The molecule has 0 aliphatic carbocycles. The number of hydrogen-bond donors (Lipinski definition) is 0. The first-order chi connectivity index (χ1) is 6.43. The fraction of sp³-hybridized carbons (Fsp3) is 0.333. The molecule has 5 heteroatoms. The highest BCUT2D eigenvalue weighted by atomic mass is 79.9. The summed E-state index contributed by atoms with van der Waals surface area (Å²) in [5, 5.41) is 0. The quantitative estimate of drug-likeness (QED) is 0.627. The van der Waals surface area contributed by atoms with Gasteiger partial charge in [0.15, 0.2) is 0 Å². The number of alkyl halides is 2. The summed E-state index contributed by atoms with van der Waals surface area (Å²) >= 11 is 4.04. The molecule has 1 atom stereocenters. The molecular weight excluding hydrogens is 332 g/mol. The first kappa shape index (κ1) is 12.4. The van der Waals surface area contributed by atoms with Crippen molar-refractivity contribution in [2.45, 2.75) is 15.9 Å². The van der Waals surface area contributed by atoms with Crippen LogP contribution in [0, 0.1) is 6.92 Å². The minimum absolute atomic E-state index is 0.399. The summed E-state index contributed by atoms with van der Waals surface area (Å²) in [6.45, 7) is 1.96. The molecule has 1 rings (SSSR count). The molecule has 0 N–H and O–H groups in total. The number of benzene rings is 1. The number of aryl methyl sites for hydroxylation is 1. The van der Waals surface area contributed by atoms with Crippen molar-refractivity contribution in [1.82, 2.24) is 0 Å². The van der Waals surface area contributed by atoms with Crippen LogP contribution in [0.25, 0.3) is 0 Å². The van der Waals surface area contributed by atoms with Gasteiger partial charge in [-0.1, -0.05) is 56.1 Å². The molecule has 0 aliphatic rings. The van der Waals surface area contributed by atoms with Gasteiger partial charge in [0.2, 0.25) is 0 Å². The topological polar surface area (TPSA) is 40.1 Å². The van der Waals surface area contributed by atoms with E-state index in [1.165, 1.54) is 0 Å². The molecule has 78 valence electrons. The lowest BCUT2D eigenvalue weighted by atomic mass is 10.1. The zero-order chi connectivity index (χ0) is 10.8. The maximum absolute atomic E-state index is 10.8. The molecule has 0 heterocycles. The third-order valence-electron chi connectivity index (χ3n) is 1.90. The van der Waals surface area contributed by atoms with Crippen molar-refractivity contribution >= 4 is 42.9 Å². The summed E-state index contributed by atoms with van der Waals surface area (Å²) in [5.41, 5.74) is 2.09. The molecule has 2 nitrogen and oxygen atoms in total. The number of rotatable bonds is 3. The van der Waals surface area contributed by atoms with Gasteiger partial charge in [-0.05, 0) is 29.1 Å². The molecule has 1 aromatic rings. The van der Waals surface area contributed by atoms with E-state index < -0.39 is 13.6 Å². The van der Waals surface area contributed by atoms with Crippen molar-refractivity contribution in [3.8, 4) is 0 Å². The van der Waals surface area contributed by atoms with Gasteiger partial charge < -0.3 is 4.55 Å². The Kier molecular flexibility index (Phi) is 4.30. The average molecular weight is 341 g/mol. The van der Waals surface area contributed by atoms with Gasteiger partial charge in [-0.3, -0.25) is 4.21 Å². The van der Waals surface area contributed by atoms with Gasteiger partial charge in [0.25, 0.3) is 0 Å². The van der Waals surface area contributed by atoms with Crippen LogP contribution in [-0.2, 0) is 17.5 Å². The molecule has 0 saturated heterocycles. The van der Waals surface area contributed by atoms with Crippen LogP contribution in [0.15, 0.2) is 24.3 Å². The van der Waals surface area contributed by atoms with Crippen LogP contribution in [0.5, 0.6) is 0 Å². The Balaban J connectivity index is 2.89. The molecule has 0 spiro atoms. The zero-order valence-corrected chi connectivity index (χ0v) is 11.5. The second-order valence-corrected chi connectivity index (χ2v) is 8.96. The Labute approximate surface area is 103 Å². The van der Waals surface area contributed by atoms with E-state index in [9.17, 15) is 8.76 Å². The standard InChI is InChI=1S/C9H10Br2O2S/c1-7-4-2-3-5-8(7)6-9(10,11)14(12)13/h2-5H,6H2,1H3,(H,12,13)/p-1. The Morgan fingerprint density at radius 3 is 2.50 bits per heavy atom. The van der Waals surface area contributed by atoms with Crippen molar-refractivity contribution in [2.75, 3.05) is 0 Å². The Bertz CT molecular complexity index is 352. The van der Waals surface area contributed by atoms with Crippen molar-refractivity contribution in [3.63, 3.8) is 0 Å². The minimum Gasteiger partial charge on any atom is -0.771 e. The van der Waals surface area contributed by atoms with Gasteiger partial charge in [-0.15, -0.1) is 0 Å². The molecule has 0 amide bonds. The fourth-order valence-corrected chi connectivity index (χ4v) is 1.97. The number of hydrogen-bond acceptors (Lipinski definition) is 2. The molecule has 0 aliphatic heterocycles. The maximum atomic E-state index is 10.8. The van der Waals surface area contributed by atoms with Crippen LogP contribution in [0.1, 0.15) is 11.1 Å². The second kappa shape index (κ2) is 4.88. The fourth-order valence-electron chi connectivity index (χ4n) is 1.09. The first-order valence-corrected chi connectivity index (χ1v) is 6.61. The van der Waals surface area contributed by atoms with Gasteiger partial charge in [-0.2, -0.15) is 0 Å². The molecule has 0 bridgehead atoms. The third kappa shape index (κ3) is 3.15. The van der Waals surface area contributed by atoms with E-state index in [1.807, 2.05) is 31.2 Å². The summed E-state index contributed by atoms with van der Waals surface area (Å²) in [6.07, 6.45) is 0.399. The lowest BCUT2D eigenvalue weighted by Crippen LogP contribution is -2.21. The largest absolute Gasteiger partial charge is 0.771 e. The highest BCUT2D eigenvalue weighted by molar-refractivity contribution is 9.27. The van der Waals surface area contributed by atoms with E-state index in [4.69, 9.17) is 0 Å². The van der Waals surface area contributed by atoms with Crippen molar-refractivity contribution in [2.24, 2.45) is 0 Å². The van der Waals surface area contributed by atoms with E-state index in [2.05, 4.69) is 31.9 Å². The van der Waals surface area contributed by atoms with Gasteiger partial charge >= 0.3 is 0 Å². The zero-order valence-electron chi connectivity index (χ0n) is 7.50. The monoisotopic (exact) mass is 339 g/mol. The van der Waals surface area contributed by atoms with E-state index in [0.717, 1.165) is 11.1 Å². The lowest BCUT2D eigenvalue weighted by Gasteiger charge is -2.23. The Morgan fingerprint density at radius 1 is 1.43 bits per heavy atom. The molecule has 0 saturated carbocycles. The Morgan fingerprint density at radius 2 is 2.00 bits per heavy atom. The molecule has 0 fully saturated rings. The first-order valence-electron chi connectivity index (χ1n) is 3.95. The highest BCUT2D eigenvalue weighted by Crippen LogP contribution is 2.33. The molecule has 0 aromatic heterocycles. The maximum Gasteiger partial charge on any atom is 0.145 e. The summed E-state index contributed by atoms with van der Waals surface area (Å²) in [6, 6.07) is 7.70. The highest BCUT2D eigenvalue weighted by Gasteiger charge is 2.24. The normalized spacial score (nSPS) is 14.0. The Hall–Kier alpha value is 0.290. The minimum atomic E-state index is -2.20. The third-order valence-corrected chi connectivity index (χ3v) is 4.68. The van der Waals surface area contributed by atoms with E-state index in [1.54, 1.807) is 0 Å². The van der Waals surface area contributed by atoms with Gasteiger partial charge in [0, 0.05) is 6.42 Å². The summed E-state index contributed by atoms with van der Waals surface area (Å²) in [4.78, 5) is 0. The van der Waals surface area contributed by atoms with Crippen LogP contribution in [0.2, 0.25) is 0 Å². The van der Waals surface area contributed by atoms with Crippen molar-refractivity contribution in [3.05, 3.63) is 35.4 Å². The van der Waals surface area contributed by atoms with Gasteiger partial charge in [-0.25, -0.2) is 0 Å². The van der Waals surface area contributed by atoms with Gasteiger partial charge in [0.05, 0.1) is 0 Å². The predicted molar refractivity (Wildman–Crippen MR) is 64.4 cm³/mol. The molecule has 0 radical (unpaired) electrons. The summed E-state index contributed by atoms with van der Waals surface area (Å²) in [5.74, 6) is 0. The van der Waals surface area contributed by atoms with Crippen LogP contribution < -0.4 is 0 Å². The van der Waals surface area contributed by atoms with Crippen LogP contribution in [0.3, 0.4) is 0 Å². The van der Waals surface area contributed by atoms with Crippen molar-refractivity contribution in [1.29, 1.82) is 0 Å². The molecule has 1 unspecified atom stereocenters. The van der Waals surface area contributed by atoms with E-state index in [0.29, 0.717) is 6.42 Å². The molecular formula is C9H9Br2O2S-. The molecule has 1 aromatic carbocycles. The van der Waals surface area contributed by atoms with E-state index >= 15 is 0 Å². The van der Waals surface area contributed by atoms with Gasteiger partial charge in [0.1, 0.15) is 2.57 Å². The summed E-state index contributed by atoms with van der Waals surface area (Å²) in [7, 11) is 0. The lowest BCUT2D eigenvalue weighted by molar-refractivity contribution is 0.531. The van der Waals surface area contributed by atoms with Crippen LogP contribution in [0.4, 0.5) is 0 Å². The molecule has 14 heavy (non-hydrogen) atoms. The van der Waals surface area contributed by atoms with Crippen molar-refractivity contribution < 1.29 is 8.76 Å². The second-order valence-electron chi connectivity index (χ2n) is 2.98. The number of halogens is 2. The SMILES string of the molecule is Cc1ccccc1CC(Br)(Br)S(=O)[O-]. The summed E-state index contributed by atoms with van der Waals surface area (Å²) < 4.78 is 20.6. The van der Waals surface area contributed by atoms with Crippen LogP contribution in [-0.4, -0.2) is 11.3 Å². The smallest absolute Gasteiger partial charge is 0.145 e. The van der Waals surface area contributed by atoms with Crippen LogP contribution >= 0.6 is 31.9 Å². The van der Waals surface area contributed by atoms with E-state index in [-0.39, 0.29) is 0 Å².